The van der Waals surface area contributed by atoms with Gasteiger partial charge in [0.1, 0.15) is 0 Å². The van der Waals surface area contributed by atoms with Crippen LogP contribution in [-0.4, -0.2) is 58.4 Å². The van der Waals surface area contributed by atoms with Crippen LogP contribution in [0.15, 0.2) is 18.3 Å². The Labute approximate surface area is 138 Å². The maximum Gasteiger partial charge on any atom is 0.415 e. The highest BCUT2D eigenvalue weighted by molar-refractivity contribution is 5.78. The highest BCUT2D eigenvalue weighted by Gasteiger charge is 2.46. The third kappa shape index (κ3) is 3.63. The molecule has 0 aliphatic carbocycles. The molecule has 130 valence electrons. The lowest BCUT2D eigenvalue weighted by Crippen LogP contribution is -2.57. The van der Waals surface area contributed by atoms with Crippen LogP contribution in [0.2, 0.25) is 0 Å². The number of carbonyl (C=O) groups is 2. The topological polar surface area (TPSA) is 62.7 Å². The number of carbonyl (C=O) groups excluding carboxylic acids is 2. The van der Waals surface area contributed by atoms with Crippen LogP contribution in [-0.2, 0) is 4.79 Å². The monoisotopic (exact) mass is 339 g/mol. The van der Waals surface area contributed by atoms with E-state index in [9.17, 15) is 18.4 Å². The molecule has 1 aromatic heterocycles. The molecule has 2 aliphatic heterocycles. The van der Waals surface area contributed by atoms with Crippen molar-refractivity contribution in [2.75, 3.05) is 19.6 Å². The van der Waals surface area contributed by atoms with E-state index in [1.807, 2.05) is 0 Å². The molecule has 0 bridgehead atoms. The number of hydrogen-bond acceptors (Lipinski definition) is 4. The Hall–Kier alpha value is -2.25. The molecule has 2 fully saturated rings. The molecule has 3 heterocycles. The van der Waals surface area contributed by atoms with Gasteiger partial charge < -0.3 is 9.64 Å². The Balaban J connectivity index is 1.70. The van der Waals surface area contributed by atoms with Crippen LogP contribution in [0.4, 0.5) is 13.6 Å². The molecule has 3 rings (SSSR count). The average molecular weight is 339 g/mol. The van der Waals surface area contributed by atoms with Crippen molar-refractivity contribution in [3.05, 3.63) is 24.0 Å². The molecule has 0 saturated carbocycles. The standard InChI is InChI=1S/C16H19F2N3O3/c1-11-4-5-13(8-19-11)24-15(23)20-9-12(7-16(17,18)10-20)21-6-2-3-14(21)22/h4-5,8,12H,2-3,6-7,9-10H2,1H3/t12-/m1/s1. The zero-order valence-electron chi connectivity index (χ0n) is 13.4. The van der Waals surface area contributed by atoms with Crippen LogP contribution < -0.4 is 4.74 Å². The molecule has 0 radical (unpaired) electrons. The fourth-order valence-electron chi connectivity index (χ4n) is 3.15. The first kappa shape index (κ1) is 16.6. The SMILES string of the molecule is Cc1ccc(OC(=O)N2C[C@H](N3CCCC3=O)CC(F)(F)C2)cn1. The van der Waals surface area contributed by atoms with Crippen LogP contribution >= 0.6 is 0 Å². The van der Waals surface area contributed by atoms with Crippen LogP contribution in [0.3, 0.4) is 0 Å². The summed E-state index contributed by atoms with van der Waals surface area (Å²) in [6.45, 7) is 1.60. The lowest BCUT2D eigenvalue weighted by atomic mass is 10.0. The summed E-state index contributed by atoms with van der Waals surface area (Å²) in [6, 6.07) is 2.55. The molecule has 0 aromatic carbocycles. The number of ether oxygens (including phenoxy) is 1. The van der Waals surface area contributed by atoms with E-state index < -0.39 is 31.0 Å². The third-order valence-electron chi connectivity index (χ3n) is 4.29. The molecule has 2 aliphatic rings. The van der Waals surface area contributed by atoms with Crippen molar-refractivity contribution in [1.29, 1.82) is 0 Å². The van der Waals surface area contributed by atoms with Gasteiger partial charge in [-0.05, 0) is 25.5 Å². The second kappa shape index (κ2) is 6.33. The number of likely N-dealkylation sites (tertiary alicyclic amines) is 2. The lowest BCUT2D eigenvalue weighted by Gasteiger charge is -2.40. The largest absolute Gasteiger partial charge is 0.415 e. The maximum absolute atomic E-state index is 14.0. The van der Waals surface area contributed by atoms with E-state index in [0.29, 0.717) is 19.4 Å². The van der Waals surface area contributed by atoms with Crippen molar-refractivity contribution in [3.63, 3.8) is 0 Å². The summed E-state index contributed by atoms with van der Waals surface area (Å²) in [5, 5.41) is 0. The number of piperidine rings is 1. The van der Waals surface area contributed by atoms with Crippen molar-refractivity contribution in [3.8, 4) is 5.75 Å². The quantitative estimate of drug-likeness (QED) is 0.829. The maximum atomic E-state index is 14.0. The molecule has 1 atom stereocenters. The fraction of sp³-hybridized carbons (Fsp3) is 0.562. The molecule has 0 N–H and O–H groups in total. The molecule has 0 unspecified atom stereocenters. The first-order valence-electron chi connectivity index (χ1n) is 7.91. The Bertz CT molecular complexity index is 636. The van der Waals surface area contributed by atoms with Gasteiger partial charge in [-0.1, -0.05) is 0 Å². The van der Waals surface area contributed by atoms with Gasteiger partial charge in [-0.25, -0.2) is 13.6 Å². The zero-order valence-corrected chi connectivity index (χ0v) is 13.4. The van der Waals surface area contributed by atoms with E-state index in [-0.39, 0.29) is 18.2 Å². The van der Waals surface area contributed by atoms with Gasteiger partial charge in [0.15, 0.2) is 5.75 Å². The van der Waals surface area contributed by atoms with Gasteiger partial charge in [0.25, 0.3) is 5.92 Å². The van der Waals surface area contributed by atoms with Crippen LogP contribution in [0.25, 0.3) is 0 Å². The molecule has 6 nitrogen and oxygen atoms in total. The molecule has 0 spiro atoms. The molecule has 8 heteroatoms. The molecular weight excluding hydrogens is 320 g/mol. The number of nitrogens with zero attached hydrogens (tertiary/aromatic N) is 3. The summed E-state index contributed by atoms with van der Waals surface area (Å²) in [5.74, 6) is -2.97. The van der Waals surface area contributed by atoms with Crippen molar-refractivity contribution >= 4 is 12.0 Å². The van der Waals surface area contributed by atoms with Gasteiger partial charge in [0.2, 0.25) is 5.91 Å². The summed E-state index contributed by atoms with van der Waals surface area (Å²) in [6.07, 6.45) is 1.14. The average Bonchev–Trinajstić information content (AvgIpc) is 2.94. The minimum absolute atomic E-state index is 0.0550. The summed E-state index contributed by atoms with van der Waals surface area (Å²) in [5.41, 5.74) is 0.756. The number of halogens is 2. The number of hydrogen-bond donors (Lipinski definition) is 0. The van der Waals surface area contributed by atoms with Gasteiger partial charge in [-0.2, -0.15) is 0 Å². The minimum atomic E-state index is -3.05. The van der Waals surface area contributed by atoms with E-state index >= 15 is 0 Å². The number of aromatic nitrogens is 1. The van der Waals surface area contributed by atoms with Crippen LogP contribution in [0.5, 0.6) is 5.75 Å². The van der Waals surface area contributed by atoms with Crippen LogP contribution in [0.1, 0.15) is 25.0 Å². The lowest BCUT2D eigenvalue weighted by molar-refractivity contribution is -0.135. The van der Waals surface area contributed by atoms with Crippen molar-refractivity contribution in [2.24, 2.45) is 0 Å². The zero-order chi connectivity index (χ0) is 17.3. The molecule has 1 aromatic rings. The van der Waals surface area contributed by atoms with E-state index in [0.717, 1.165) is 10.6 Å². The summed E-state index contributed by atoms with van der Waals surface area (Å²) < 4.78 is 33.2. The van der Waals surface area contributed by atoms with Crippen LogP contribution in [0, 0.1) is 6.92 Å². The number of pyridine rings is 1. The number of aryl methyl sites for hydroxylation is 1. The van der Waals surface area contributed by atoms with Gasteiger partial charge in [0, 0.05) is 31.6 Å². The summed E-state index contributed by atoms with van der Waals surface area (Å²) >= 11 is 0. The van der Waals surface area contributed by atoms with E-state index in [4.69, 9.17) is 4.74 Å². The Kier molecular flexibility index (Phi) is 4.38. The fourth-order valence-corrected chi connectivity index (χ4v) is 3.15. The second-order valence-corrected chi connectivity index (χ2v) is 6.29. The molecule has 2 amide bonds. The van der Waals surface area contributed by atoms with E-state index in [1.165, 1.54) is 11.1 Å². The number of amides is 2. The Morgan fingerprint density at radius 1 is 1.42 bits per heavy atom. The van der Waals surface area contributed by atoms with Gasteiger partial charge in [0.05, 0.1) is 18.8 Å². The highest BCUT2D eigenvalue weighted by Crippen LogP contribution is 2.31. The van der Waals surface area contributed by atoms with Crippen molar-refractivity contribution in [2.45, 2.75) is 38.2 Å². The van der Waals surface area contributed by atoms with E-state index in [1.54, 1.807) is 19.1 Å². The predicted octanol–water partition coefficient (Wildman–Crippen LogP) is 2.22. The normalized spacial score (nSPS) is 23.5. The molecular formula is C16H19F2N3O3. The summed E-state index contributed by atoms with van der Waals surface area (Å²) in [4.78, 5) is 30.5. The minimum Gasteiger partial charge on any atom is -0.409 e. The smallest absolute Gasteiger partial charge is 0.409 e. The molecule has 24 heavy (non-hydrogen) atoms. The van der Waals surface area contributed by atoms with Gasteiger partial charge in [-0.15, -0.1) is 0 Å². The summed E-state index contributed by atoms with van der Waals surface area (Å²) in [7, 11) is 0. The van der Waals surface area contributed by atoms with Gasteiger partial charge in [-0.3, -0.25) is 14.7 Å². The highest BCUT2D eigenvalue weighted by atomic mass is 19.3. The third-order valence-corrected chi connectivity index (χ3v) is 4.29. The first-order valence-corrected chi connectivity index (χ1v) is 7.91. The molecule has 2 saturated heterocycles. The van der Waals surface area contributed by atoms with Crippen molar-refractivity contribution < 1.29 is 23.1 Å². The van der Waals surface area contributed by atoms with Gasteiger partial charge >= 0.3 is 6.09 Å². The predicted molar refractivity (Wildman–Crippen MR) is 80.9 cm³/mol. The van der Waals surface area contributed by atoms with E-state index in [2.05, 4.69) is 4.98 Å². The van der Waals surface area contributed by atoms with Crippen molar-refractivity contribution in [1.82, 2.24) is 14.8 Å². The second-order valence-electron chi connectivity index (χ2n) is 6.29. The number of rotatable bonds is 2. The Morgan fingerprint density at radius 3 is 2.83 bits per heavy atom. The number of alkyl halides is 2. The Morgan fingerprint density at radius 2 is 2.21 bits per heavy atom. The first-order chi connectivity index (χ1) is 11.3.